The van der Waals surface area contributed by atoms with E-state index in [2.05, 4.69) is 29.4 Å². The Morgan fingerprint density at radius 1 is 1.11 bits per heavy atom. The van der Waals surface area contributed by atoms with Gasteiger partial charge in [-0.25, -0.2) is 0 Å². The number of nitrogen functional groups attached to an aromatic ring is 1. The maximum atomic E-state index is 6.02. The van der Waals surface area contributed by atoms with Gasteiger partial charge in [0.25, 0.3) is 0 Å². The van der Waals surface area contributed by atoms with Crippen LogP contribution in [0.15, 0.2) is 30.5 Å². The summed E-state index contributed by atoms with van der Waals surface area (Å²) in [5, 5.41) is 4.20. The maximum Gasteiger partial charge on any atom is 0.129 e. The first-order valence-electron chi connectivity index (χ1n) is 7.13. The smallest absolute Gasteiger partial charge is 0.129 e. The molecule has 0 saturated heterocycles. The lowest BCUT2D eigenvalue weighted by Crippen LogP contribution is -2.04. The van der Waals surface area contributed by atoms with Gasteiger partial charge in [0.1, 0.15) is 5.82 Å². The predicted octanol–water partition coefficient (Wildman–Crippen LogP) is 3.72. The molecule has 2 aromatic rings. The highest BCUT2D eigenvalue weighted by Crippen LogP contribution is 2.34. The highest BCUT2D eigenvalue weighted by atomic mass is 15.3. The van der Waals surface area contributed by atoms with Gasteiger partial charge in [0.2, 0.25) is 0 Å². The van der Waals surface area contributed by atoms with Gasteiger partial charge in [-0.3, -0.25) is 4.68 Å². The minimum atomic E-state index is 0.727. The van der Waals surface area contributed by atoms with E-state index >= 15 is 0 Å². The molecule has 3 nitrogen and oxygen atoms in total. The Labute approximate surface area is 114 Å². The second-order valence-electron chi connectivity index (χ2n) is 5.52. The van der Waals surface area contributed by atoms with Crippen LogP contribution in [0.3, 0.4) is 0 Å². The fourth-order valence-corrected chi connectivity index (χ4v) is 3.04. The first-order chi connectivity index (χ1) is 9.25. The molecular formula is C16H21N3. The summed E-state index contributed by atoms with van der Waals surface area (Å²) >= 11 is 0. The van der Waals surface area contributed by atoms with E-state index in [4.69, 9.17) is 5.73 Å². The van der Waals surface area contributed by atoms with Crippen molar-refractivity contribution in [2.45, 2.75) is 38.0 Å². The lowest BCUT2D eigenvalue weighted by molar-refractivity contribution is 0.443. The van der Waals surface area contributed by atoms with Crippen molar-refractivity contribution < 1.29 is 0 Å². The van der Waals surface area contributed by atoms with Crippen molar-refractivity contribution in [1.82, 2.24) is 9.78 Å². The van der Waals surface area contributed by atoms with Gasteiger partial charge in [-0.2, -0.15) is 5.10 Å². The third kappa shape index (κ3) is 2.37. The summed E-state index contributed by atoms with van der Waals surface area (Å²) in [5.41, 5.74) is 9.68. The summed E-state index contributed by atoms with van der Waals surface area (Å²) in [6.07, 6.45) is 8.68. The molecule has 0 bridgehead atoms. The second-order valence-corrected chi connectivity index (χ2v) is 5.52. The molecule has 1 fully saturated rings. The molecule has 0 spiro atoms. The van der Waals surface area contributed by atoms with Crippen LogP contribution in [0.2, 0.25) is 0 Å². The average Bonchev–Trinajstić information content (AvgIpc) is 2.80. The van der Waals surface area contributed by atoms with E-state index in [9.17, 15) is 0 Å². The topological polar surface area (TPSA) is 43.8 Å². The zero-order chi connectivity index (χ0) is 13.2. The monoisotopic (exact) mass is 255 g/mol. The zero-order valence-corrected chi connectivity index (χ0v) is 11.5. The normalized spacial score (nSPS) is 16.7. The van der Waals surface area contributed by atoms with E-state index in [1.165, 1.54) is 37.7 Å². The molecule has 3 rings (SSSR count). The number of rotatable bonds is 2. The Hall–Kier alpha value is -1.77. The van der Waals surface area contributed by atoms with Crippen LogP contribution in [0, 0.1) is 0 Å². The highest BCUT2D eigenvalue weighted by Gasteiger charge is 2.15. The minimum absolute atomic E-state index is 0.727. The molecule has 0 atom stereocenters. The third-order valence-electron chi connectivity index (χ3n) is 4.28. The first kappa shape index (κ1) is 12.3. The molecule has 2 N–H and O–H groups in total. The fraction of sp³-hybridized carbons (Fsp3) is 0.438. The summed E-state index contributed by atoms with van der Waals surface area (Å²) in [6.45, 7) is 0. The molecule has 0 radical (unpaired) electrons. The molecule has 1 aliphatic rings. The number of benzene rings is 1. The van der Waals surface area contributed by atoms with Crippen LogP contribution in [0.1, 0.15) is 43.6 Å². The molecular weight excluding hydrogens is 234 g/mol. The molecule has 1 saturated carbocycles. The largest absolute Gasteiger partial charge is 0.383 e. The number of nitrogens with zero attached hydrogens (tertiary/aromatic N) is 2. The van der Waals surface area contributed by atoms with Gasteiger partial charge in [0.15, 0.2) is 0 Å². The zero-order valence-electron chi connectivity index (χ0n) is 11.5. The maximum absolute atomic E-state index is 6.02. The van der Waals surface area contributed by atoms with Crippen molar-refractivity contribution >= 4 is 5.82 Å². The number of anilines is 1. The number of hydrogen-bond donors (Lipinski definition) is 1. The summed E-state index contributed by atoms with van der Waals surface area (Å²) in [5.74, 6) is 1.49. The SMILES string of the molecule is Cn1ncc(-c2ccc(C3CCCCC3)cc2)c1N. The molecule has 0 amide bonds. The van der Waals surface area contributed by atoms with Crippen molar-refractivity contribution in [2.24, 2.45) is 7.05 Å². The first-order valence-corrected chi connectivity index (χ1v) is 7.13. The Balaban J connectivity index is 1.84. The van der Waals surface area contributed by atoms with Gasteiger partial charge >= 0.3 is 0 Å². The van der Waals surface area contributed by atoms with E-state index in [1.54, 1.807) is 4.68 Å². The van der Waals surface area contributed by atoms with Gasteiger partial charge in [0, 0.05) is 12.6 Å². The van der Waals surface area contributed by atoms with Crippen LogP contribution in [0.5, 0.6) is 0 Å². The van der Waals surface area contributed by atoms with E-state index < -0.39 is 0 Å². The minimum Gasteiger partial charge on any atom is -0.383 e. The third-order valence-corrected chi connectivity index (χ3v) is 4.28. The number of hydrogen-bond acceptors (Lipinski definition) is 2. The molecule has 0 unspecified atom stereocenters. The van der Waals surface area contributed by atoms with Gasteiger partial charge < -0.3 is 5.73 Å². The Morgan fingerprint density at radius 2 is 1.79 bits per heavy atom. The summed E-state index contributed by atoms with van der Waals surface area (Å²) < 4.78 is 1.71. The molecule has 1 aliphatic carbocycles. The van der Waals surface area contributed by atoms with Crippen molar-refractivity contribution in [1.29, 1.82) is 0 Å². The summed E-state index contributed by atoms with van der Waals surface area (Å²) in [4.78, 5) is 0. The Kier molecular flexibility index (Phi) is 3.28. The van der Waals surface area contributed by atoms with E-state index in [-0.39, 0.29) is 0 Å². The van der Waals surface area contributed by atoms with Crippen LogP contribution >= 0.6 is 0 Å². The van der Waals surface area contributed by atoms with Gasteiger partial charge in [-0.1, -0.05) is 43.5 Å². The Morgan fingerprint density at radius 3 is 2.37 bits per heavy atom. The van der Waals surface area contributed by atoms with E-state index in [0.29, 0.717) is 0 Å². The molecule has 1 aromatic heterocycles. The molecule has 1 aromatic carbocycles. The van der Waals surface area contributed by atoms with Crippen LogP contribution < -0.4 is 5.73 Å². The van der Waals surface area contributed by atoms with Crippen molar-refractivity contribution in [3.63, 3.8) is 0 Å². The van der Waals surface area contributed by atoms with Crippen LogP contribution in [-0.2, 0) is 7.05 Å². The van der Waals surface area contributed by atoms with Gasteiger partial charge in [0.05, 0.1) is 6.20 Å². The molecule has 0 aliphatic heterocycles. The molecule has 1 heterocycles. The number of aromatic nitrogens is 2. The van der Waals surface area contributed by atoms with E-state index in [1.807, 2.05) is 13.2 Å². The quantitative estimate of drug-likeness (QED) is 0.888. The van der Waals surface area contributed by atoms with Crippen LogP contribution in [0.4, 0.5) is 5.82 Å². The molecule has 3 heteroatoms. The van der Waals surface area contributed by atoms with Crippen molar-refractivity contribution in [2.75, 3.05) is 5.73 Å². The Bertz CT molecular complexity index is 548. The van der Waals surface area contributed by atoms with Crippen LogP contribution in [0.25, 0.3) is 11.1 Å². The number of aryl methyl sites for hydroxylation is 1. The average molecular weight is 255 g/mol. The van der Waals surface area contributed by atoms with Crippen LogP contribution in [-0.4, -0.2) is 9.78 Å². The van der Waals surface area contributed by atoms with Gasteiger partial charge in [-0.05, 0) is 29.9 Å². The van der Waals surface area contributed by atoms with Crippen molar-refractivity contribution in [3.8, 4) is 11.1 Å². The second kappa shape index (κ2) is 5.08. The predicted molar refractivity (Wildman–Crippen MR) is 78.9 cm³/mol. The number of nitrogens with two attached hydrogens (primary N) is 1. The lowest BCUT2D eigenvalue weighted by Gasteiger charge is -2.22. The standard InChI is InChI=1S/C16H21N3/c1-19-16(17)15(11-18-19)14-9-7-13(8-10-14)12-5-3-2-4-6-12/h7-12H,2-6,17H2,1H3. The molecule has 100 valence electrons. The fourth-order valence-electron chi connectivity index (χ4n) is 3.04. The molecule has 19 heavy (non-hydrogen) atoms. The van der Waals surface area contributed by atoms with Gasteiger partial charge in [-0.15, -0.1) is 0 Å². The lowest BCUT2D eigenvalue weighted by atomic mass is 9.84. The summed E-state index contributed by atoms with van der Waals surface area (Å²) in [6, 6.07) is 8.88. The van der Waals surface area contributed by atoms with Crippen molar-refractivity contribution in [3.05, 3.63) is 36.0 Å². The summed E-state index contributed by atoms with van der Waals surface area (Å²) in [7, 11) is 1.87. The highest BCUT2D eigenvalue weighted by molar-refractivity contribution is 5.73. The van der Waals surface area contributed by atoms with E-state index in [0.717, 1.165) is 22.9 Å².